The molecule has 2 N–H and O–H groups in total. The minimum Gasteiger partial charge on any atom is -0.324 e. The quantitative estimate of drug-likeness (QED) is 0.771. The van der Waals surface area contributed by atoms with E-state index in [2.05, 4.69) is 48.0 Å². The highest BCUT2D eigenvalue weighted by Gasteiger charge is 2.38. The minimum atomic E-state index is 0.268. The van der Waals surface area contributed by atoms with Crippen LogP contribution in [-0.2, 0) is 6.42 Å². The van der Waals surface area contributed by atoms with Crippen LogP contribution in [0.4, 0.5) is 0 Å². The van der Waals surface area contributed by atoms with E-state index in [-0.39, 0.29) is 11.5 Å². The molecule has 0 heterocycles. The maximum Gasteiger partial charge on any atom is 0.0263 e. The van der Waals surface area contributed by atoms with Crippen LogP contribution in [0, 0.1) is 5.41 Å². The van der Waals surface area contributed by atoms with E-state index in [4.69, 9.17) is 5.73 Å². The number of fused-ring (bicyclic) bond motifs is 2. The van der Waals surface area contributed by atoms with Crippen molar-refractivity contribution in [2.24, 2.45) is 11.1 Å². The van der Waals surface area contributed by atoms with E-state index in [1.165, 1.54) is 33.2 Å². The Labute approximate surface area is 111 Å². The number of nitrogens with two attached hydrogens (primary N) is 1. The first-order chi connectivity index (χ1) is 7.99. The van der Waals surface area contributed by atoms with Gasteiger partial charge in [0, 0.05) is 10.5 Å². The molecule has 3 rings (SSSR count). The molecule has 1 nitrogen and oxygen atoms in total. The number of benzene rings is 1. The van der Waals surface area contributed by atoms with Gasteiger partial charge in [-0.25, -0.2) is 0 Å². The van der Waals surface area contributed by atoms with Gasteiger partial charge in [-0.3, -0.25) is 0 Å². The zero-order valence-electron chi connectivity index (χ0n) is 10.4. The Bertz CT molecular complexity index is 514. The average Bonchev–Trinajstić information content (AvgIpc) is 2.64. The lowest BCUT2D eigenvalue weighted by Gasteiger charge is -2.35. The molecule has 17 heavy (non-hydrogen) atoms. The second-order valence-electron chi connectivity index (χ2n) is 5.91. The summed E-state index contributed by atoms with van der Waals surface area (Å²) in [7, 11) is 0. The molecule has 0 aliphatic heterocycles. The smallest absolute Gasteiger partial charge is 0.0263 e. The molecule has 0 aromatic heterocycles. The lowest BCUT2D eigenvalue weighted by atomic mass is 9.70. The van der Waals surface area contributed by atoms with Gasteiger partial charge in [0.2, 0.25) is 0 Å². The predicted molar refractivity (Wildman–Crippen MR) is 75.8 cm³/mol. The second kappa shape index (κ2) is 3.69. The summed E-state index contributed by atoms with van der Waals surface area (Å²) in [6, 6.07) is 6.90. The van der Waals surface area contributed by atoms with Crippen molar-refractivity contribution >= 4 is 21.5 Å². The van der Waals surface area contributed by atoms with Crippen molar-refractivity contribution in [3.05, 3.63) is 39.4 Å². The van der Waals surface area contributed by atoms with Crippen LogP contribution in [0.3, 0.4) is 0 Å². The van der Waals surface area contributed by atoms with Gasteiger partial charge in [-0.1, -0.05) is 35.8 Å². The Morgan fingerprint density at radius 2 is 2.12 bits per heavy atom. The molecule has 0 saturated carbocycles. The van der Waals surface area contributed by atoms with Crippen LogP contribution in [0.2, 0.25) is 0 Å². The monoisotopic (exact) mass is 291 g/mol. The van der Waals surface area contributed by atoms with E-state index in [9.17, 15) is 0 Å². The average molecular weight is 292 g/mol. The van der Waals surface area contributed by atoms with Crippen LogP contribution in [0.1, 0.15) is 37.8 Å². The summed E-state index contributed by atoms with van der Waals surface area (Å²) in [6.07, 6.45) is 3.38. The molecule has 1 atom stereocenters. The van der Waals surface area contributed by atoms with Crippen LogP contribution in [0.15, 0.2) is 28.2 Å². The van der Waals surface area contributed by atoms with Crippen molar-refractivity contribution in [3.63, 3.8) is 0 Å². The number of hydrogen-bond acceptors (Lipinski definition) is 1. The molecule has 0 spiro atoms. The van der Waals surface area contributed by atoms with Crippen LogP contribution in [0.25, 0.3) is 5.57 Å². The first-order valence-corrected chi connectivity index (χ1v) is 7.06. The largest absolute Gasteiger partial charge is 0.324 e. The molecule has 1 aromatic rings. The van der Waals surface area contributed by atoms with E-state index in [1.54, 1.807) is 0 Å². The van der Waals surface area contributed by atoms with Crippen LogP contribution in [-0.4, -0.2) is 6.04 Å². The molecule has 0 amide bonds. The summed E-state index contributed by atoms with van der Waals surface area (Å²) in [4.78, 5) is 0. The number of halogens is 1. The highest BCUT2D eigenvalue weighted by Crippen LogP contribution is 2.51. The molecule has 2 heteroatoms. The first-order valence-electron chi connectivity index (χ1n) is 6.27. The van der Waals surface area contributed by atoms with Crippen molar-refractivity contribution in [3.8, 4) is 0 Å². The lowest BCUT2D eigenvalue weighted by molar-refractivity contribution is 0.399. The third kappa shape index (κ3) is 1.69. The molecule has 1 aromatic carbocycles. The van der Waals surface area contributed by atoms with E-state index in [1.807, 2.05) is 0 Å². The fraction of sp³-hybridized carbons (Fsp3) is 0.467. The van der Waals surface area contributed by atoms with Crippen molar-refractivity contribution in [2.75, 3.05) is 0 Å². The molecule has 90 valence electrons. The zero-order valence-corrected chi connectivity index (χ0v) is 12.0. The maximum atomic E-state index is 6.29. The second-order valence-corrected chi connectivity index (χ2v) is 6.82. The van der Waals surface area contributed by atoms with Crippen LogP contribution in [0.5, 0.6) is 0 Å². The van der Waals surface area contributed by atoms with Crippen molar-refractivity contribution in [1.82, 2.24) is 0 Å². The molecular formula is C15H18BrN. The molecule has 0 bridgehead atoms. The van der Waals surface area contributed by atoms with E-state index in [0.717, 1.165) is 12.8 Å². The summed E-state index contributed by atoms with van der Waals surface area (Å²) in [5, 5.41) is 0. The topological polar surface area (TPSA) is 26.0 Å². The molecule has 0 radical (unpaired) electrons. The van der Waals surface area contributed by atoms with Gasteiger partial charge in [0.1, 0.15) is 0 Å². The van der Waals surface area contributed by atoms with Crippen LogP contribution >= 0.6 is 15.9 Å². The van der Waals surface area contributed by atoms with Crippen LogP contribution < -0.4 is 5.73 Å². The molecule has 2 aliphatic carbocycles. The predicted octanol–water partition coefficient (Wildman–Crippen LogP) is 3.91. The molecule has 0 saturated heterocycles. The number of allylic oxidation sites excluding steroid dienone is 1. The van der Waals surface area contributed by atoms with Crippen molar-refractivity contribution < 1.29 is 0 Å². The Morgan fingerprint density at radius 3 is 2.88 bits per heavy atom. The molecular weight excluding hydrogens is 274 g/mol. The first kappa shape index (κ1) is 11.5. The third-order valence-electron chi connectivity index (χ3n) is 4.25. The standard InChI is InChI=1S/C15H18BrN/c1-15(2)6-5-13(17)12-7-9-3-4-10(16)8-11(9)14(12)15/h3-4,8,13H,5-7,17H2,1-2H3. The minimum absolute atomic E-state index is 0.268. The SMILES string of the molecule is CC1(C)CCC(N)C2=C1c1cc(Br)ccc1C2. The van der Waals surface area contributed by atoms with Crippen molar-refractivity contribution in [1.29, 1.82) is 0 Å². The van der Waals surface area contributed by atoms with Crippen molar-refractivity contribution in [2.45, 2.75) is 39.2 Å². The Hall–Kier alpha value is -0.600. The van der Waals surface area contributed by atoms with Gasteiger partial charge in [-0.05, 0) is 59.1 Å². The Balaban J connectivity index is 2.21. The molecule has 1 unspecified atom stereocenters. The van der Waals surface area contributed by atoms with Gasteiger partial charge < -0.3 is 5.73 Å². The summed E-state index contributed by atoms with van der Waals surface area (Å²) < 4.78 is 1.17. The summed E-state index contributed by atoms with van der Waals surface area (Å²) in [5.41, 5.74) is 12.4. The summed E-state index contributed by atoms with van der Waals surface area (Å²) in [5.74, 6) is 0. The van der Waals surface area contributed by atoms with Gasteiger partial charge in [-0.2, -0.15) is 0 Å². The molecule has 0 fully saturated rings. The lowest BCUT2D eigenvalue weighted by Crippen LogP contribution is -2.32. The van der Waals surface area contributed by atoms with E-state index in [0.29, 0.717) is 0 Å². The Kier molecular flexibility index (Phi) is 2.50. The van der Waals surface area contributed by atoms with Gasteiger partial charge in [-0.15, -0.1) is 0 Å². The van der Waals surface area contributed by atoms with Gasteiger partial charge in [0.05, 0.1) is 0 Å². The maximum absolute atomic E-state index is 6.29. The Morgan fingerprint density at radius 1 is 1.35 bits per heavy atom. The summed E-state index contributed by atoms with van der Waals surface area (Å²) in [6.45, 7) is 4.70. The molecule has 2 aliphatic rings. The van der Waals surface area contributed by atoms with Gasteiger partial charge in [0.15, 0.2) is 0 Å². The fourth-order valence-electron chi connectivity index (χ4n) is 3.33. The zero-order chi connectivity index (χ0) is 12.2. The highest BCUT2D eigenvalue weighted by atomic mass is 79.9. The number of rotatable bonds is 0. The van der Waals surface area contributed by atoms with Gasteiger partial charge >= 0.3 is 0 Å². The fourth-order valence-corrected chi connectivity index (χ4v) is 3.69. The normalized spacial score (nSPS) is 25.8. The third-order valence-corrected chi connectivity index (χ3v) is 4.74. The van der Waals surface area contributed by atoms with E-state index < -0.39 is 0 Å². The number of hydrogen-bond donors (Lipinski definition) is 1. The van der Waals surface area contributed by atoms with E-state index >= 15 is 0 Å². The summed E-state index contributed by atoms with van der Waals surface area (Å²) >= 11 is 3.58. The van der Waals surface area contributed by atoms with Gasteiger partial charge in [0.25, 0.3) is 0 Å². The highest BCUT2D eigenvalue weighted by molar-refractivity contribution is 9.10.